The van der Waals surface area contributed by atoms with E-state index >= 15 is 0 Å². The van der Waals surface area contributed by atoms with Crippen molar-refractivity contribution in [2.75, 3.05) is 20.4 Å². The number of hydrogen-bond acceptors (Lipinski definition) is 4. The first-order valence-electron chi connectivity index (χ1n) is 7.46. The van der Waals surface area contributed by atoms with Crippen LogP contribution in [0.3, 0.4) is 0 Å². The highest BCUT2D eigenvalue weighted by atomic mass is 79.9. The molecular formula is C17H20BrNO3. The van der Waals surface area contributed by atoms with E-state index in [9.17, 15) is 0 Å². The molecule has 0 saturated heterocycles. The third-order valence-corrected chi connectivity index (χ3v) is 4.66. The smallest absolute Gasteiger partial charge is 0.231 e. The molecule has 1 heterocycles. The topological polar surface area (TPSA) is 39.7 Å². The van der Waals surface area contributed by atoms with E-state index in [0.29, 0.717) is 6.79 Å². The Labute approximate surface area is 139 Å². The van der Waals surface area contributed by atoms with Crippen LogP contribution >= 0.6 is 15.9 Å². The Bertz CT molecular complexity index is 610. The maximum absolute atomic E-state index is 5.42. The van der Waals surface area contributed by atoms with Gasteiger partial charge in [0.25, 0.3) is 0 Å². The summed E-state index contributed by atoms with van der Waals surface area (Å²) < 4.78 is 17.1. The number of fused-ring (bicyclic) bond motifs is 1. The maximum atomic E-state index is 5.42. The normalized spacial score (nSPS) is 16.3. The summed E-state index contributed by atoms with van der Waals surface area (Å²) in [7, 11) is 1.73. The molecule has 1 aromatic rings. The summed E-state index contributed by atoms with van der Waals surface area (Å²) in [6.45, 7) is 2.08. The van der Waals surface area contributed by atoms with Crippen LogP contribution in [0.4, 0.5) is 0 Å². The molecule has 1 aliphatic heterocycles. The molecule has 0 bridgehead atoms. The minimum Gasteiger partial charge on any atom is -0.501 e. The molecule has 0 unspecified atom stereocenters. The Morgan fingerprint density at radius 1 is 1.18 bits per heavy atom. The lowest BCUT2D eigenvalue weighted by Crippen LogP contribution is -2.16. The van der Waals surface area contributed by atoms with Crippen molar-refractivity contribution in [2.24, 2.45) is 0 Å². The van der Waals surface area contributed by atoms with E-state index in [4.69, 9.17) is 14.2 Å². The molecule has 22 heavy (non-hydrogen) atoms. The third-order valence-electron chi connectivity index (χ3n) is 3.93. The van der Waals surface area contributed by atoms with Crippen molar-refractivity contribution in [3.8, 4) is 11.5 Å². The molecule has 0 fully saturated rings. The van der Waals surface area contributed by atoms with Crippen molar-refractivity contribution < 1.29 is 14.2 Å². The Hall–Kier alpha value is -1.46. The first kappa shape index (κ1) is 15.4. The minimum absolute atomic E-state index is 0.309. The Balaban J connectivity index is 1.45. The van der Waals surface area contributed by atoms with Crippen LogP contribution in [0.2, 0.25) is 0 Å². The zero-order valence-corrected chi connectivity index (χ0v) is 14.2. The quantitative estimate of drug-likeness (QED) is 0.612. The highest BCUT2D eigenvalue weighted by Crippen LogP contribution is 2.36. The molecule has 0 amide bonds. The first-order chi connectivity index (χ1) is 10.8. The molecule has 0 spiro atoms. The van der Waals surface area contributed by atoms with Gasteiger partial charge < -0.3 is 19.5 Å². The number of allylic oxidation sites excluding steroid dienone is 2. The molecule has 0 radical (unpaired) electrons. The van der Waals surface area contributed by atoms with Crippen molar-refractivity contribution in [1.29, 1.82) is 0 Å². The second kappa shape index (κ2) is 7.20. The van der Waals surface area contributed by atoms with E-state index in [0.717, 1.165) is 54.1 Å². The van der Waals surface area contributed by atoms with Crippen molar-refractivity contribution in [1.82, 2.24) is 5.32 Å². The Morgan fingerprint density at radius 2 is 2.00 bits per heavy atom. The predicted molar refractivity (Wildman–Crippen MR) is 89.0 cm³/mol. The second-order valence-corrected chi connectivity index (χ2v) is 6.22. The largest absolute Gasteiger partial charge is 0.501 e. The number of ether oxygens (including phenoxy) is 3. The summed E-state index contributed by atoms with van der Waals surface area (Å²) in [4.78, 5) is 0. The average Bonchev–Trinajstić information content (AvgIpc) is 2.99. The van der Waals surface area contributed by atoms with Gasteiger partial charge in [0.2, 0.25) is 6.79 Å². The molecule has 118 valence electrons. The number of hydrogen-bond donors (Lipinski definition) is 1. The van der Waals surface area contributed by atoms with Gasteiger partial charge in [-0.25, -0.2) is 0 Å². The molecule has 3 rings (SSSR count). The molecular weight excluding hydrogens is 346 g/mol. The van der Waals surface area contributed by atoms with Crippen LogP contribution in [0.5, 0.6) is 11.5 Å². The lowest BCUT2D eigenvalue weighted by atomic mass is 10.0. The van der Waals surface area contributed by atoms with Crippen molar-refractivity contribution in [3.05, 3.63) is 45.7 Å². The van der Waals surface area contributed by atoms with Crippen LogP contribution in [0.15, 0.2) is 40.1 Å². The summed E-state index contributed by atoms with van der Waals surface area (Å²) >= 11 is 3.58. The lowest BCUT2D eigenvalue weighted by Gasteiger charge is -2.14. The fraction of sp³-hybridized carbons (Fsp3) is 0.412. The van der Waals surface area contributed by atoms with Gasteiger partial charge in [0.1, 0.15) is 0 Å². The van der Waals surface area contributed by atoms with Crippen molar-refractivity contribution >= 4 is 15.9 Å². The van der Waals surface area contributed by atoms with Gasteiger partial charge in [-0.3, -0.25) is 0 Å². The first-order valence-corrected chi connectivity index (χ1v) is 8.25. The summed E-state index contributed by atoms with van der Waals surface area (Å²) in [6, 6.07) is 4.01. The van der Waals surface area contributed by atoms with Crippen LogP contribution in [-0.4, -0.2) is 20.4 Å². The van der Waals surface area contributed by atoms with Crippen LogP contribution in [0.1, 0.15) is 24.8 Å². The fourth-order valence-electron chi connectivity index (χ4n) is 2.59. The average molecular weight is 366 g/mol. The van der Waals surface area contributed by atoms with E-state index in [-0.39, 0.29) is 0 Å². The third kappa shape index (κ3) is 3.65. The van der Waals surface area contributed by atoms with Crippen molar-refractivity contribution in [3.63, 3.8) is 0 Å². The maximum Gasteiger partial charge on any atom is 0.231 e. The summed E-state index contributed by atoms with van der Waals surface area (Å²) in [5, 5.41) is 3.49. The van der Waals surface area contributed by atoms with E-state index < -0.39 is 0 Å². The number of rotatable bonds is 6. The van der Waals surface area contributed by atoms with Gasteiger partial charge in [-0.15, -0.1) is 0 Å². The van der Waals surface area contributed by atoms with Gasteiger partial charge in [-0.05, 0) is 43.2 Å². The number of benzene rings is 1. The molecule has 0 aromatic heterocycles. The van der Waals surface area contributed by atoms with Gasteiger partial charge in [-0.1, -0.05) is 27.6 Å². The monoisotopic (exact) mass is 365 g/mol. The Morgan fingerprint density at radius 3 is 2.73 bits per heavy atom. The molecule has 0 atom stereocenters. The second-order valence-electron chi connectivity index (χ2n) is 5.37. The Kier molecular flexibility index (Phi) is 5.05. The van der Waals surface area contributed by atoms with Crippen LogP contribution in [-0.2, 0) is 11.3 Å². The molecule has 4 nitrogen and oxygen atoms in total. The summed E-state index contributed by atoms with van der Waals surface area (Å²) in [5.41, 5.74) is 2.65. The van der Waals surface area contributed by atoms with Gasteiger partial charge >= 0.3 is 0 Å². The molecule has 0 saturated carbocycles. The van der Waals surface area contributed by atoms with Gasteiger partial charge in [-0.2, -0.15) is 0 Å². The highest BCUT2D eigenvalue weighted by molar-refractivity contribution is 9.10. The highest BCUT2D eigenvalue weighted by Gasteiger charge is 2.16. The molecule has 1 N–H and O–H groups in total. The summed E-state index contributed by atoms with van der Waals surface area (Å²) in [6.07, 6.45) is 7.43. The van der Waals surface area contributed by atoms with Crippen molar-refractivity contribution in [2.45, 2.75) is 25.8 Å². The SMILES string of the molecule is COC1=CCC(CCNCc2cc3c(cc2Br)OCO3)=CC1. The van der Waals surface area contributed by atoms with Crippen LogP contribution in [0.25, 0.3) is 0 Å². The van der Waals surface area contributed by atoms with E-state index in [2.05, 4.69) is 33.4 Å². The van der Waals surface area contributed by atoms with Gasteiger partial charge in [0.15, 0.2) is 11.5 Å². The fourth-order valence-corrected chi connectivity index (χ4v) is 3.06. The molecule has 1 aromatic carbocycles. The molecule has 5 heteroatoms. The van der Waals surface area contributed by atoms with Crippen LogP contribution < -0.4 is 14.8 Å². The zero-order chi connectivity index (χ0) is 15.4. The minimum atomic E-state index is 0.309. The number of nitrogens with one attached hydrogen (secondary N) is 1. The number of halogens is 1. The predicted octanol–water partition coefficient (Wildman–Crippen LogP) is 3.91. The van der Waals surface area contributed by atoms with Gasteiger partial charge in [0, 0.05) is 17.4 Å². The lowest BCUT2D eigenvalue weighted by molar-refractivity contribution is 0.174. The molecule has 2 aliphatic rings. The zero-order valence-electron chi connectivity index (χ0n) is 12.7. The number of methoxy groups -OCH3 is 1. The van der Waals surface area contributed by atoms with E-state index in [1.807, 2.05) is 12.1 Å². The standard InChI is InChI=1S/C17H20BrNO3/c1-20-14-4-2-12(3-5-14)6-7-19-10-13-8-16-17(9-15(13)18)22-11-21-16/h2,5,8-9,19H,3-4,6-7,10-11H2,1H3. The molecule has 1 aliphatic carbocycles. The van der Waals surface area contributed by atoms with E-state index in [1.165, 1.54) is 11.1 Å². The van der Waals surface area contributed by atoms with Gasteiger partial charge in [0.05, 0.1) is 12.9 Å². The van der Waals surface area contributed by atoms with Crippen LogP contribution in [0, 0.1) is 0 Å². The van der Waals surface area contributed by atoms with E-state index in [1.54, 1.807) is 7.11 Å². The summed E-state index contributed by atoms with van der Waals surface area (Å²) in [5.74, 6) is 2.71.